The monoisotopic (exact) mass is 266 g/mol. The van der Waals surface area contributed by atoms with E-state index < -0.39 is 5.92 Å². The van der Waals surface area contributed by atoms with Crippen LogP contribution in [0.25, 0.3) is 0 Å². The third-order valence-electron chi connectivity index (χ3n) is 3.68. The highest BCUT2D eigenvalue weighted by molar-refractivity contribution is 6.29. The van der Waals surface area contributed by atoms with Crippen molar-refractivity contribution in [2.45, 2.75) is 12.8 Å². The molecular formula is C17H14O3. The van der Waals surface area contributed by atoms with E-state index in [9.17, 15) is 9.59 Å². The van der Waals surface area contributed by atoms with Crippen molar-refractivity contribution in [3.8, 4) is 5.75 Å². The topological polar surface area (TPSA) is 43.4 Å². The van der Waals surface area contributed by atoms with Crippen molar-refractivity contribution in [3.05, 3.63) is 64.7 Å². The van der Waals surface area contributed by atoms with Crippen molar-refractivity contribution in [3.63, 3.8) is 0 Å². The fraction of sp³-hybridized carbons (Fsp3) is 0.176. The van der Waals surface area contributed by atoms with Crippen LogP contribution in [0.2, 0.25) is 0 Å². The number of aryl methyl sites for hydroxylation is 1. The fourth-order valence-electron chi connectivity index (χ4n) is 2.68. The molecular weight excluding hydrogens is 252 g/mol. The van der Waals surface area contributed by atoms with Crippen LogP contribution >= 0.6 is 0 Å². The summed E-state index contributed by atoms with van der Waals surface area (Å²) in [5.41, 5.74) is 2.68. The van der Waals surface area contributed by atoms with Gasteiger partial charge < -0.3 is 4.74 Å². The minimum atomic E-state index is -0.775. The highest BCUT2D eigenvalue weighted by Crippen LogP contribution is 2.38. The summed E-state index contributed by atoms with van der Waals surface area (Å²) >= 11 is 0. The van der Waals surface area contributed by atoms with E-state index in [-0.39, 0.29) is 11.6 Å². The number of carbonyl (C=O) groups is 2. The second-order valence-electron chi connectivity index (χ2n) is 4.95. The molecule has 3 heteroatoms. The van der Waals surface area contributed by atoms with Crippen LogP contribution in [-0.4, -0.2) is 18.7 Å². The van der Waals surface area contributed by atoms with E-state index in [1.807, 2.05) is 19.1 Å². The average Bonchev–Trinajstić information content (AvgIpc) is 2.72. The van der Waals surface area contributed by atoms with Crippen LogP contribution in [-0.2, 0) is 0 Å². The molecule has 0 bridgehead atoms. The standard InChI is InChI=1S/C17H14O3/c1-10-7-8-13(14(9-10)20-2)15-16(18)11-5-3-4-6-12(11)17(15)19/h3-9,15H,1-2H3. The van der Waals surface area contributed by atoms with Gasteiger partial charge in [0.05, 0.1) is 7.11 Å². The number of benzene rings is 2. The van der Waals surface area contributed by atoms with Crippen molar-refractivity contribution >= 4 is 11.6 Å². The molecule has 0 saturated heterocycles. The van der Waals surface area contributed by atoms with Crippen LogP contribution in [0.3, 0.4) is 0 Å². The maximum absolute atomic E-state index is 12.5. The Balaban J connectivity index is 2.14. The van der Waals surface area contributed by atoms with Crippen molar-refractivity contribution in [1.82, 2.24) is 0 Å². The van der Waals surface area contributed by atoms with E-state index in [4.69, 9.17) is 4.74 Å². The minimum Gasteiger partial charge on any atom is -0.496 e. The number of fused-ring (bicyclic) bond motifs is 1. The van der Waals surface area contributed by atoms with E-state index in [0.29, 0.717) is 22.4 Å². The Hall–Kier alpha value is -2.42. The zero-order valence-corrected chi connectivity index (χ0v) is 11.3. The number of Topliss-reactive ketones (excluding diaryl/α,β-unsaturated/α-hetero) is 2. The van der Waals surface area contributed by atoms with Crippen molar-refractivity contribution in [2.75, 3.05) is 7.11 Å². The Morgan fingerprint density at radius 3 is 2.10 bits per heavy atom. The van der Waals surface area contributed by atoms with E-state index in [1.165, 1.54) is 0 Å². The quantitative estimate of drug-likeness (QED) is 0.784. The lowest BCUT2D eigenvalue weighted by molar-refractivity contribution is 0.0888. The number of ether oxygens (including phenoxy) is 1. The van der Waals surface area contributed by atoms with E-state index in [0.717, 1.165) is 5.56 Å². The number of hydrogen-bond acceptors (Lipinski definition) is 3. The van der Waals surface area contributed by atoms with Gasteiger partial charge in [0.15, 0.2) is 11.6 Å². The predicted molar refractivity (Wildman–Crippen MR) is 75.6 cm³/mol. The van der Waals surface area contributed by atoms with Crippen molar-refractivity contribution in [1.29, 1.82) is 0 Å². The number of ketones is 2. The number of rotatable bonds is 2. The van der Waals surface area contributed by atoms with E-state index in [2.05, 4.69) is 0 Å². The third kappa shape index (κ3) is 1.74. The van der Waals surface area contributed by atoms with Gasteiger partial charge in [0, 0.05) is 16.7 Å². The first-order chi connectivity index (χ1) is 9.63. The summed E-state index contributed by atoms with van der Waals surface area (Å²) in [5, 5.41) is 0. The smallest absolute Gasteiger partial charge is 0.178 e. The second-order valence-corrected chi connectivity index (χ2v) is 4.95. The molecule has 2 aromatic rings. The SMILES string of the molecule is COc1cc(C)ccc1C1C(=O)c2ccccc2C1=O. The van der Waals surface area contributed by atoms with Gasteiger partial charge in [-0.3, -0.25) is 9.59 Å². The van der Waals surface area contributed by atoms with Crippen LogP contribution in [0.15, 0.2) is 42.5 Å². The molecule has 0 atom stereocenters. The minimum absolute atomic E-state index is 0.146. The van der Waals surface area contributed by atoms with Gasteiger partial charge in [-0.1, -0.05) is 36.4 Å². The second kappa shape index (κ2) is 4.60. The fourth-order valence-corrected chi connectivity index (χ4v) is 2.68. The molecule has 0 fully saturated rings. The van der Waals surface area contributed by atoms with Gasteiger partial charge in [-0.15, -0.1) is 0 Å². The molecule has 1 aliphatic rings. The number of carbonyl (C=O) groups excluding carboxylic acids is 2. The molecule has 3 rings (SSSR count). The molecule has 0 N–H and O–H groups in total. The van der Waals surface area contributed by atoms with Crippen LogP contribution in [0.4, 0.5) is 0 Å². The molecule has 0 amide bonds. The lowest BCUT2D eigenvalue weighted by Gasteiger charge is -2.13. The van der Waals surface area contributed by atoms with Gasteiger partial charge in [0.25, 0.3) is 0 Å². The largest absolute Gasteiger partial charge is 0.496 e. The molecule has 1 aliphatic carbocycles. The zero-order chi connectivity index (χ0) is 14.3. The van der Waals surface area contributed by atoms with Crippen LogP contribution in [0, 0.1) is 6.92 Å². The summed E-state index contributed by atoms with van der Waals surface area (Å²) in [4.78, 5) is 25.0. The number of methoxy groups -OCH3 is 1. The molecule has 0 radical (unpaired) electrons. The van der Waals surface area contributed by atoms with Crippen LogP contribution < -0.4 is 4.74 Å². The molecule has 2 aromatic carbocycles. The molecule has 0 spiro atoms. The summed E-state index contributed by atoms with van der Waals surface area (Å²) < 4.78 is 5.33. The van der Waals surface area contributed by atoms with Crippen LogP contribution in [0.1, 0.15) is 37.8 Å². The Kier molecular flexibility index (Phi) is 2.90. The van der Waals surface area contributed by atoms with Gasteiger partial charge in [0.1, 0.15) is 11.7 Å². The Morgan fingerprint density at radius 2 is 1.55 bits per heavy atom. The first kappa shape index (κ1) is 12.6. The van der Waals surface area contributed by atoms with Gasteiger partial charge in [-0.05, 0) is 18.6 Å². The Bertz CT molecular complexity index is 681. The van der Waals surface area contributed by atoms with Crippen LogP contribution in [0.5, 0.6) is 5.75 Å². The number of hydrogen-bond donors (Lipinski definition) is 0. The highest BCUT2D eigenvalue weighted by atomic mass is 16.5. The van der Waals surface area contributed by atoms with Gasteiger partial charge >= 0.3 is 0 Å². The molecule has 100 valence electrons. The maximum Gasteiger partial charge on any atom is 0.178 e. The van der Waals surface area contributed by atoms with Gasteiger partial charge in [-0.25, -0.2) is 0 Å². The first-order valence-corrected chi connectivity index (χ1v) is 6.45. The van der Waals surface area contributed by atoms with Crippen molar-refractivity contribution in [2.24, 2.45) is 0 Å². The maximum atomic E-state index is 12.5. The highest BCUT2D eigenvalue weighted by Gasteiger charge is 2.40. The molecule has 0 saturated carbocycles. The molecule has 20 heavy (non-hydrogen) atoms. The van der Waals surface area contributed by atoms with Gasteiger partial charge in [0.2, 0.25) is 0 Å². The summed E-state index contributed by atoms with van der Waals surface area (Å²) in [7, 11) is 1.55. The van der Waals surface area contributed by atoms with Gasteiger partial charge in [-0.2, -0.15) is 0 Å². The molecule has 3 nitrogen and oxygen atoms in total. The molecule has 0 unspecified atom stereocenters. The third-order valence-corrected chi connectivity index (χ3v) is 3.68. The molecule has 0 aliphatic heterocycles. The summed E-state index contributed by atoms with van der Waals surface area (Å²) in [5.74, 6) is -0.479. The Labute approximate surface area is 117 Å². The normalized spacial score (nSPS) is 14.5. The Morgan fingerprint density at radius 1 is 0.950 bits per heavy atom. The van der Waals surface area contributed by atoms with E-state index in [1.54, 1.807) is 37.4 Å². The summed E-state index contributed by atoms with van der Waals surface area (Å²) in [6.07, 6.45) is 0. The lowest BCUT2D eigenvalue weighted by atomic mass is 9.92. The summed E-state index contributed by atoms with van der Waals surface area (Å²) in [6.45, 7) is 1.94. The first-order valence-electron chi connectivity index (χ1n) is 6.45. The molecule has 0 aromatic heterocycles. The average molecular weight is 266 g/mol. The predicted octanol–water partition coefficient (Wildman–Crippen LogP) is 3.17. The van der Waals surface area contributed by atoms with Crippen molar-refractivity contribution < 1.29 is 14.3 Å². The van der Waals surface area contributed by atoms with E-state index >= 15 is 0 Å². The lowest BCUT2D eigenvalue weighted by Crippen LogP contribution is -2.14. The zero-order valence-electron chi connectivity index (χ0n) is 11.3. The summed E-state index contributed by atoms with van der Waals surface area (Å²) in [6, 6.07) is 12.5. The molecule has 0 heterocycles.